The predicted octanol–water partition coefficient (Wildman–Crippen LogP) is 4.04. The maximum atomic E-state index is 12.5. The molecule has 0 radical (unpaired) electrons. The zero-order chi connectivity index (χ0) is 20.8. The van der Waals surface area contributed by atoms with Crippen LogP contribution in [0.5, 0.6) is 0 Å². The zero-order valence-electron chi connectivity index (χ0n) is 17.2. The summed E-state index contributed by atoms with van der Waals surface area (Å²) in [7, 11) is 0. The molecule has 1 aromatic heterocycles. The van der Waals surface area contributed by atoms with Crippen LogP contribution in [0.4, 0.5) is 0 Å². The third-order valence-corrected chi connectivity index (χ3v) is 6.76. The van der Waals surface area contributed by atoms with Crippen molar-refractivity contribution >= 4 is 17.0 Å². The number of amides is 1. The molecule has 1 aromatic carbocycles. The smallest absolute Gasteiger partial charge is 0.222 e. The van der Waals surface area contributed by atoms with Crippen LogP contribution < -0.4 is 0 Å². The number of aromatic nitrogens is 2. The molecule has 0 saturated carbocycles. The van der Waals surface area contributed by atoms with Crippen LogP contribution in [-0.2, 0) is 15.9 Å². The van der Waals surface area contributed by atoms with Crippen molar-refractivity contribution in [3.8, 4) is 0 Å². The molecule has 6 nitrogen and oxygen atoms in total. The highest BCUT2D eigenvalue weighted by Crippen LogP contribution is 2.33. The highest BCUT2D eigenvalue weighted by atomic mass is 32.2. The van der Waals surface area contributed by atoms with Crippen LogP contribution in [0, 0.1) is 0 Å². The largest absolute Gasteiger partial charge is 0.768 e. The van der Waals surface area contributed by atoms with Gasteiger partial charge in [-0.2, -0.15) is 0 Å². The summed E-state index contributed by atoms with van der Waals surface area (Å²) >= 11 is -2.21. The maximum Gasteiger partial charge on any atom is 0.222 e. The number of likely N-dealkylation sites (tertiary alicyclic amines) is 1. The number of imidazole rings is 1. The molecule has 4 atom stereocenters. The van der Waals surface area contributed by atoms with Gasteiger partial charge in [0, 0.05) is 42.3 Å². The first-order valence-electron chi connectivity index (χ1n) is 10.5. The zero-order valence-corrected chi connectivity index (χ0v) is 18.0. The number of benzene rings is 1. The fourth-order valence-corrected chi connectivity index (χ4v) is 4.78. The van der Waals surface area contributed by atoms with Crippen LogP contribution in [0.15, 0.2) is 47.9 Å². The standard InChI is InChI=1S/C22H31N3O3S/c1-3-17(18-7-9-21(10-8-18)29(27)28)14-20(25-12-5-6-22(25)26)15-19(4-2)24-13-11-23-16-24/h7-11,13,16-17,19-20H,3-6,12,14-15H2,1-2H3,(H,27,28)/p-1. The van der Waals surface area contributed by atoms with Gasteiger partial charge >= 0.3 is 0 Å². The highest BCUT2D eigenvalue weighted by molar-refractivity contribution is 7.79. The highest BCUT2D eigenvalue weighted by Gasteiger charge is 2.31. The van der Waals surface area contributed by atoms with Gasteiger partial charge in [0.1, 0.15) is 0 Å². The van der Waals surface area contributed by atoms with Gasteiger partial charge in [0.15, 0.2) is 0 Å². The third kappa shape index (κ3) is 5.34. The van der Waals surface area contributed by atoms with Crippen LogP contribution in [0.2, 0.25) is 0 Å². The van der Waals surface area contributed by atoms with Crippen LogP contribution >= 0.6 is 0 Å². The average molecular weight is 417 g/mol. The molecule has 1 aliphatic heterocycles. The minimum absolute atomic E-state index is 0.163. The number of carbonyl (C=O) groups excluding carboxylic acids is 1. The number of hydrogen-bond donors (Lipinski definition) is 0. The van der Waals surface area contributed by atoms with Crippen LogP contribution in [0.1, 0.15) is 69.9 Å². The van der Waals surface area contributed by atoms with Crippen molar-refractivity contribution in [2.24, 2.45) is 0 Å². The molecule has 29 heavy (non-hydrogen) atoms. The summed E-state index contributed by atoms with van der Waals surface area (Å²) in [6.07, 6.45) is 10.9. The van der Waals surface area contributed by atoms with Crippen molar-refractivity contribution in [2.45, 2.75) is 75.3 Å². The first kappa shape index (κ1) is 21.7. The number of hydrogen-bond acceptors (Lipinski definition) is 4. The number of nitrogens with zero attached hydrogens (tertiary/aromatic N) is 3. The minimum Gasteiger partial charge on any atom is -0.768 e. The summed E-state index contributed by atoms with van der Waals surface area (Å²) in [5.74, 6) is 0.533. The van der Waals surface area contributed by atoms with E-state index in [1.165, 1.54) is 0 Å². The summed E-state index contributed by atoms with van der Waals surface area (Å²) in [5.41, 5.74) is 1.13. The molecule has 4 unspecified atom stereocenters. The summed E-state index contributed by atoms with van der Waals surface area (Å²) < 4.78 is 24.5. The van der Waals surface area contributed by atoms with Crippen LogP contribution in [0.3, 0.4) is 0 Å². The van der Waals surface area contributed by atoms with Gasteiger partial charge in [-0.1, -0.05) is 26.0 Å². The first-order chi connectivity index (χ1) is 14.0. The van der Waals surface area contributed by atoms with E-state index in [4.69, 9.17) is 0 Å². The SMILES string of the molecule is CCC(CC(CC(CC)n1ccnc1)N1CCCC1=O)c1ccc(S(=O)[O-])cc1. The van der Waals surface area contributed by atoms with Gasteiger partial charge in [-0.05, 0) is 66.8 Å². The third-order valence-electron chi connectivity index (χ3n) is 6.11. The van der Waals surface area contributed by atoms with E-state index in [2.05, 4.69) is 28.3 Å². The molecule has 2 heterocycles. The summed E-state index contributed by atoms with van der Waals surface area (Å²) in [6, 6.07) is 7.62. The Kier molecular flexibility index (Phi) is 7.61. The van der Waals surface area contributed by atoms with Crippen molar-refractivity contribution in [1.82, 2.24) is 14.5 Å². The average Bonchev–Trinajstić information content (AvgIpc) is 3.40. The molecule has 7 heteroatoms. The minimum atomic E-state index is -2.21. The normalized spacial score (nSPS) is 18.6. The molecule has 2 aromatic rings. The van der Waals surface area contributed by atoms with E-state index in [1.807, 2.05) is 24.7 Å². The molecule has 0 N–H and O–H groups in total. The van der Waals surface area contributed by atoms with Crippen molar-refractivity contribution in [3.05, 3.63) is 48.5 Å². The van der Waals surface area contributed by atoms with E-state index in [-0.39, 0.29) is 17.9 Å². The molecule has 1 aliphatic rings. The Labute approximate surface area is 175 Å². The fraction of sp³-hybridized carbons (Fsp3) is 0.545. The van der Waals surface area contributed by atoms with E-state index in [0.29, 0.717) is 17.4 Å². The Morgan fingerprint density at radius 3 is 2.41 bits per heavy atom. The molecular weight excluding hydrogens is 386 g/mol. The second-order valence-corrected chi connectivity index (χ2v) is 8.74. The van der Waals surface area contributed by atoms with Gasteiger partial charge in [0.05, 0.1) is 6.33 Å². The summed E-state index contributed by atoms with van der Waals surface area (Å²) in [4.78, 5) is 19.1. The Morgan fingerprint density at radius 2 is 1.90 bits per heavy atom. The van der Waals surface area contributed by atoms with Gasteiger partial charge in [-0.15, -0.1) is 0 Å². The van der Waals surface area contributed by atoms with Crippen LogP contribution in [-0.4, -0.2) is 41.7 Å². The summed E-state index contributed by atoms with van der Waals surface area (Å²) in [6.45, 7) is 5.15. The van der Waals surface area contributed by atoms with Gasteiger partial charge in [-0.3, -0.25) is 9.00 Å². The molecule has 1 saturated heterocycles. The molecular formula is C22H30N3O3S-. The van der Waals surface area contributed by atoms with Gasteiger partial charge < -0.3 is 14.0 Å². The molecule has 0 spiro atoms. The Bertz CT molecular complexity index is 807. The Hall–Kier alpha value is -1.99. The first-order valence-corrected chi connectivity index (χ1v) is 11.6. The lowest BCUT2D eigenvalue weighted by atomic mass is 9.87. The molecule has 3 rings (SSSR count). The number of carbonyl (C=O) groups is 1. The van der Waals surface area contributed by atoms with E-state index in [1.54, 1.807) is 18.3 Å². The molecule has 0 bridgehead atoms. The van der Waals surface area contributed by atoms with E-state index >= 15 is 0 Å². The molecule has 0 aliphatic carbocycles. The quantitative estimate of drug-likeness (QED) is 0.548. The van der Waals surface area contributed by atoms with Crippen molar-refractivity contribution in [1.29, 1.82) is 0 Å². The fourth-order valence-electron chi connectivity index (χ4n) is 4.42. The van der Waals surface area contributed by atoms with E-state index in [9.17, 15) is 13.6 Å². The Morgan fingerprint density at radius 1 is 1.14 bits per heavy atom. The number of rotatable bonds is 10. The van der Waals surface area contributed by atoms with Gasteiger partial charge in [0.2, 0.25) is 5.91 Å². The Balaban J connectivity index is 1.80. The lowest BCUT2D eigenvalue weighted by Crippen LogP contribution is -2.39. The predicted molar refractivity (Wildman–Crippen MR) is 112 cm³/mol. The van der Waals surface area contributed by atoms with E-state index in [0.717, 1.165) is 44.2 Å². The lowest BCUT2D eigenvalue weighted by Gasteiger charge is -2.34. The second-order valence-electron chi connectivity index (χ2n) is 7.80. The topological polar surface area (TPSA) is 78.3 Å². The molecule has 1 fully saturated rings. The monoisotopic (exact) mass is 416 g/mol. The van der Waals surface area contributed by atoms with E-state index < -0.39 is 11.1 Å². The molecule has 158 valence electrons. The van der Waals surface area contributed by atoms with Crippen molar-refractivity contribution in [3.63, 3.8) is 0 Å². The van der Waals surface area contributed by atoms with Gasteiger partial charge in [0.25, 0.3) is 0 Å². The molecule has 1 amide bonds. The maximum absolute atomic E-state index is 12.5. The van der Waals surface area contributed by atoms with Gasteiger partial charge in [-0.25, -0.2) is 4.98 Å². The summed E-state index contributed by atoms with van der Waals surface area (Å²) in [5, 5.41) is 0. The van der Waals surface area contributed by atoms with Crippen molar-refractivity contribution in [2.75, 3.05) is 6.54 Å². The van der Waals surface area contributed by atoms with Crippen molar-refractivity contribution < 1.29 is 13.6 Å². The second kappa shape index (κ2) is 10.2. The van der Waals surface area contributed by atoms with Crippen LogP contribution in [0.25, 0.3) is 0 Å². The lowest BCUT2D eigenvalue weighted by molar-refractivity contribution is -0.130.